The highest BCUT2D eigenvalue weighted by atomic mass is 35.5. The molecule has 1 aliphatic heterocycles. The smallest absolute Gasteiger partial charge is 0.248 e. The van der Waals surface area contributed by atoms with Crippen LogP contribution in [0.3, 0.4) is 0 Å². The molecule has 1 saturated heterocycles. The summed E-state index contributed by atoms with van der Waals surface area (Å²) in [5, 5.41) is 0.527. The maximum absolute atomic E-state index is 12.1. The zero-order valence-electron chi connectivity index (χ0n) is 15.7. The Morgan fingerprint density at radius 3 is 2.85 bits per heavy atom. The summed E-state index contributed by atoms with van der Waals surface area (Å²) in [5.74, 6) is 1.75. The average Bonchev–Trinajstić information content (AvgIpc) is 2.65. The highest BCUT2D eigenvalue weighted by Gasteiger charge is 2.28. The van der Waals surface area contributed by atoms with Gasteiger partial charge in [0.15, 0.2) is 0 Å². The molecule has 8 heteroatoms. The maximum Gasteiger partial charge on any atom is 0.248 e. The molecule has 0 spiro atoms. The fraction of sp³-hybridized carbons (Fsp3) is 0.421. The molecule has 2 aromatic rings. The van der Waals surface area contributed by atoms with E-state index in [2.05, 4.69) is 14.9 Å². The molecule has 27 heavy (non-hydrogen) atoms. The molecule has 0 bridgehead atoms. The maximum atomic E-state index is 12.1. The van der Waals surface area contributed by atoms with Crippen molar-refractivity contribution >= 4 is 23.3 Å². The van der Waals surface area contributed by atoms with Crippen molar-refractivity contribution in [1.82, 2.24) is 14.9 Å². The van der Waals surface area contributed by atoms with E-state index in [0.29, 0.717) is 36.3 Å². The van der Waals surface area contributed by atoms with Gasteiger partial charge in [-0.1, -0.05) is 17.7 Å². The SMILES string of the molecule is COCC(=O)N1CCN(c2cc(Oc3cc(C)ccc3Cl)ncn2)CC1C. The number of amides is 1. The highest BCUT2D eigenvalue weighted by Crippen LogP contribution is 2.30. The topological polar surface area (TPSA) is 67.8 Å². The van der Waals surface area contributed by atoms with Gasteiger partial charge in [-0.3, -0.25) is 4.79 Å². The minimum absolute atomic E-state index is 0.00505. The van der Waals surface area contributed by atoms with Crippen LogP contribution in [-0.2, 0) is 9.53 Å². The lowest BCUT2D eigenvalue weighted by molar-refractivity contribution is -0.137. The Balaban J connectivity index is 1.71. The van der Waals surface area contributed by atoms with Crippen molar-refractivity contribution in [2.24, 2.45) is 0 Å². The molecule has 1 amide bonds. The number of anilines is 1. The predicted octanol–water partition coefficient (Wildman–Crippen LogP) is 2.91. The second-order valence-electron chi connectivity index (χ2n) is 6.57. The Morgan fingerprint density at radius 1 is 1.30 bits per heavy atom. The molecule has 1 atom stereocenters. The molecular weight excluding hydrogens is 368 g/mol. The van der Waals surface area contributed by atoms with Crippen LogP contribution in [0.4, 0.5) is 5.82 Å². The van der Waals surface area contributed by atoms with Gasteiger partial charge in [-0.2, -0.15) is 0 Å². The predicted molar refractivity (Wildman–Crippen MR) is 104 cm³/mol. The number of piperazine rings is 1. The van der Waals surface area contributed by atoms with Gasteiger partial charge in [-0.15, -0.1) is 0 Å². The van der Waals surface area contributed by atoms with E-state index in [1.807, 2.05) is 30.9 Å². The second-order valence-corrected chi connectivity index (χ2v) is 6.97. The molecular formula is C19H23ClN4O3. The third-order valence-electron chi connectivity index (χ3n) is 4.47. The van der Waals surface area contributed by atoms with Gasteiger partial charge < -0.3 is 19.3 Å². The van der Waals surface area contributed by atoms with E-state index in [0.717, 1.165) is 11.4 Å². The number of hydrogen-bond acceptors (Lipinski definition) is 6. The number of rotatable bonds is 5. The molecule has 0 aliphatic carbocycles. The number of carbonyl (C=O) groups is 1. The van der Waals surface area contributed by atoms with Crippen LogP contribution in [0.5, 0.6) is 11.6 Å². The Morgan fingerprint density at radius 2 is 2.11 bits per heavy atom. The van der Waals surface area contributed by atoms with Crippen molar-refractivity contribution in [3.63, 3.8) is 0 Å². The summed E-state index contributed by atoms with van der Waals surface area (Å²) < 4.78 is 10.8. The van der Waals surface area contributed by atoms with E-state index < -0.39 is 0 Å². The van der Waals surface area contributed by atoms with Gasteiger partial charge in [-0.05, 0) is 31.5 Å². The van der Waals surface area contributed by atoms with E-state index in [4.69, 9.17) is 21.1 Å². The molecule has 0 radical (unpaired) electrons. The fourth-order valence-electron chi connectivity index (χ4n) is 3.10. The van der Waals surface area contributed by atoms with Gasteiger partial charge in [0.25, 0.3) is 0 Å². The fourth-order valence-corrected chi connectivity index (χ4v) is 3.26. The molecule has 3 rings (SSSR count). The van der Waals surface area contributed by atoms with Crippen LogP contribution < -0.4 is 9.64 Å². The summed E-state index contributed by atoms with van der Waals surface area (Å²) in [7, 11) is 1.53. The minimum Gasteiger partial charge on any atom is -0.437 e. The molecule has 1 aromatic carbocycles. The summed E-state index contributed by atoms with van der Waals surface area (Å²) >= 11 is 6.20. The number of aryl methyl sites for hydroxylation is 1. The zero-order valence-corrected chi connectivity index (χ0v) is 16.4. The van der Waals surface area contributed by atoms with Gasteiger partial charge >= 0.3 is 0 Å². The zero-order chi connectivity index (χ0) is 19.4. The first kappa shape index (κ1) is 19.4. The quantitative estimate of drug-likeness (QED) is 0.782. The van der Waals surface area contributed by atoms with E-state index in [1.54, 1.807) is 12.1 Å². The third kappa shape index (κ3) is 4.67. The largest absolute Gasteiger partial charge is 0.437 e. The summed E-state index contributed by atoms with van der Waals surface area (Å²) in [6, 6.07) is 7.44. The molecule has 1 aliphatic rings. The lowest BCUT2D eigenvalue weighted by atomic mass is 10.2. The molecule has 1 unspecified atom stereocenters. The van der Waals surface area contributed by atoms with Crippen LogP contribution in [0.1, 0.15) is 12.5 Å². The lowest BCUT2D eigenvalue weighted by Gasteiger charge is -2.40. The Kier molecular flexibility index (Phi) is 6.13. The molecule has 144 valence electrons. The third-order valence-corrected chi connectivity index (χ3v) is 4.78. The lowest BCUT2D eigenvalue weighted by Crippen LogP contribution is -2.55. The Bertz CT molecular complexity index is 817. The van der Waals surface area contributed by atoms with Crippen LogP contribution in [0.25, 0.3) is 0 Å². The van der Waals surface area contributed by atoms with Crippen molar-refractivity contribution in [2.75, 3.05) is 38.3 Å². The summed E-state index contributed by atoms with van der Waals surface area (Å²) in [6.45, 7) is 6.07. The van der Waals surface area contributed by atoms with Crippen molar-refractivity contribution in [1.29, 1.82) is 0 Å². The number of carbonyl (C=O) groups excluding carboxylic acids is 1. The first-order valence-corrected chi connectivity index (χ1v) is 9.15. The summed E-state index contributed by atoms with van der Waals surface area (Å²) in [4.78, 5) is 24.6. The first-order valence-electron chi connectivity index (χ1n) is 8.77. The molecule has 0 saturated carbocycles. The van der Waals surface area contributed by atoms with Gasteiger partial charge in [0.1, 0.15) is 24.5 Å². The van der Waals surface area contributed by atoms with Crippen molar-refractivity contribution in [2.45, 2.75) is 19.9 Å². The molecule has 1 fully saturated rings. The first-order chi connectivity index (χ1) is 13.0. The molecule has 7 nitrogen and oxygen atoms in total. The van der Waals surface area contributed by atoms with Crippen LogP contribution in [0.15, 0.2) is 30.6 Å². The average molecular weight is 391 g/mol. The number of ether oxygens (including phenoxy) is 2. The molecule has 1 aromatic heterocycles. The minimum atomic E-state index is 0.00505. The summed E-state index contributed by atoms with van der Waals surface area (Å²) in [6.07, 6.45) is 1.47. The number of aromatic nitrogens is 2. The van der Waals surface area contributed by atoms with Crippen molar-refractivity contribution in [3.05, 3.63) is 41.2 Å². The highest BCUT2D eigenvalue weighted by molar-refractivity contribution is 6.32. The normalized spacial score (nSPS) is 17.1. The monoisotopic (exact) mass is 390 g/mol. The van der Waals surface area contributed by atoms with Gasteiger partial charge in [0.2, 0.25) is 11.8 Å². The van der Waals surface area contributed by atoms with Crippen LogP contribution >= 0.6 is 11.6 Å². The van der Waals surface area contributed by atoms with Crippen molar-refractivity contribution in [3.8, 4) is 11.6 Å². The standard InChI is InChI=1S/C19H23ClN4O3/c1-13-4-5-15(20)16(8-13)27-18-9-17(21-12-22-18)23-6-7-24(14(2)10-23)19(25)11-26-3/h4-5,8-9,12,14H,6-7,10-11H2,1-3H3. The Labute approximate surface area is 163 Å². The van der Waals surface area contributed by atoms with Crippen molar-refractivity contribution < 1.29 is 14.3 Å². The second kappa shape index (κ2) is 8.54. The number of hydrogen-bond donors (Lipinski definition) is 0. The van der Waals surface area contributed by atoms with E-state index in [9.17, 15) is 4.79 Å². The van der Waals surface area contributed by atoms with Gasteiger partial charge in [0, 0.05) is 38.9 Å². The van der Waals surface area contributed by atoms with E-state index in [1.165, 1.54) is 13.4 Å². The number of nitrogens with zero attached hydrogens (tertiary/aromatic N) is 4. The number of methoxy groups -OCH3 is 1. The number of benzene rings is 1. The number of halogens is 1. The molecule has 2 heterocycles. The van der Waals surface area contributed by atoms with E-state index >= 15 is 0 Å². The van der Waals surface area contributed by atoms with Gasteiger partial charge in [0.05, 0.1) is 5.02 Å². The van der Waals surface area contributed by atoms with E-state index in [-0.39, 0.29) is 18.6 Å². The van der Waals surface area contributed by atoms with Crippen LogP contribution in [-0.4, -0.2) is 60.2 Å². The van der Waals surface area contributed by atoms with Crippen LogP contribution in [0, 0.1) is 6.92 Å². The molecule has 0 N–H and O–H groups in total. The Hall–Kier alpha value is -2.38. The van der Waals surface area contributed by atoms with Gasteiger partial charge in [-0.25, -0.2) is 9.97 Å². The van der Waals surface area contributed by atoms with Crippen LogP contribution in [0.2, 0.25) is 5.02 Å². The summed E-state index contributed by atoms with van der Waals surface area (Å²) in [5.41, 5.74) is 1.05.